The SMILES string of the molecule is CP(C)(=O)c1ccc(-c2cc(OCc3ccccc3)cn3nc4c(cnn4C4CCCCO4)c23)c2[nH]ccc12. The zero-order chi connectivity index (χ0) is 26.6. The average Bonchev–Trinajstić information content (AvgIpc) is 3.67. The van der Waals surface area contributed by atoms with Crippen LogP contribution in [0.3, 0.4) is 0 Å². The highest BCUT2D eigenvalue weighted by Crippen LogP contribution is 2.42. The number of aromatic amines is 1. The molecule has 0 saturated carbocycles. The third-order valence-electron chi connectivity index (χ3n) is 7.49. The first-order chi connectivity index (χ1) is 19.0. The number of aromatic nitrogens is 5. The maximum absolute atomic E-state index is 13.1. The Morgan fingerprint density at radius 3 is 2.74 bits per heavy atom. The van der Waals surface area contributed by atoms with Gasteiger partial charge in [0.1, 0.15) is 19.5 Å². The van der Waals surface area contributed by atoms with Crippen LogP contribution in [0.15, 0.2) is 73.2 Å². The van der Waals surface area contributed by atoms with Crippen molar-refractivity contribution in [3.63, 3.8) is 0 Å². The van der Waals surface area contributed by atoms with E-state index in [9.17, 15) is 4.57 Å². The summed E-state index contributed by atoms with van der Waals surface area (Å²) in [6.45, 7) is 4.81. The van der Waals surface area contributed by atoms with Crippen molar-refractivity contribution in [3.05, 3.63) is 78.8 Å². The second kappa shape index (κ2) is 9.40. The Balaban J connectivity index is 1.43. The van der Waals surface area contributed by atoms with Crippen LogP contribution in [0.4, 0.5) is 0 Å². The molecule has 4 aromatic heterocycles. The van der Waals surface area contributed by atoms with Crippen LogP contribution in [0.1, 0.15) is 31.1 Å². The van der Waals surface area contributed by atoms with E-state index in [0.29, 0.717) is 12.4 Å². The van der Waals surface area contributed by atoms with Gasteiger partial charge in [-0.1, -0.05) is 42.5 Å². The second-order valence-electron chi connectivity index (χ2n) is 10.6. The van der Waals surface area contributed by atoms with Crippen molar-refractivity contribution in [2.24, 2.45) is 0 Å². The molecule has 198 valence electrons. The van der Waals surface area contributed by atoms with E-state index in [1.165, 1.54) is 0 Å². The van der Waals surface area contributed by atoms with Crippen molar-refractivity contribution in [1.29, 1.82) is 0 Å². The Morgan fingerprint density at radius 1 is 1.08 bits per heavy atom. The third kappa shape index (κ3) is 4.24. The molecule has 0 spiro atoms. The lowest BCUT2D eigenvalue weighted by Gasteiger charge is -2.22. The van der Waals surface area contributed by atoms with Gasteiger partial charge in [-0.25, -0.2) is 9.20 Å². The lowest BCUT2D eigenvalue weighted by atomic mass is 10.0. The van der Waals surface area contributed by atoms with Gasteiger partial charge < -0.3 is 19.0 Å². The van der Waals surface area contributed by atoms with Crippen LogP contribution < -0.4 is 10.0 Å². The predicted octanol–water partition coefficient (Wildman–Crippen LogP) is 6.36. The second-order valence-corrected chi connectivity index (χ2v) is 13.7. The van der Waals surface area contributed by atoms with E-state index in [0.717, 1.165) is 75.3 Å². The standard InChI is InChI=1S/C30H30N5O3P/c1-39(2,36)26-12-11-22(28-23(26)13-14-31-28)24-16-21(38-19-20-8-4-3-5-9-20)18-34-29(24)25-17-32-35(30(25)33-34)27-10-6-7-15-37-27/h3-5,8-9,11-14,16-18,27,31H,6-7,10,15,19H2,1-2H3. The molecule has 39 heavy (non-hydrogen) atoms. The summed E-state index contributed by atoms with van der Waals surface area (Å²) in [6.07, 6.45) is 8.71. The van der Waals surface area contributed by atoms with Crippen LogP contribution in [-0.4, -0.2) is 44.3 Å². The Bertz CT molecular complexity index is 1860. The molecule has 1 saturated heterocycles. The summed E-state index contributed by atoms with van der Waals surface area (Å²) in [5.41, 5.74) is 5.72. The van der Waals surface area contributed by atoms with Gasteiger partial charge in [-0.2, -0.15) is 5.10 Å². The highest BCUT2D eigenvalue weighted by molar-refractivity contribution is 7.70. The van der Waals surface area contributed by atoms with Gasteiger partial charge in [0.05, 0.1) is 28.8 Å². The number of nitrogens with zero attached hydrogens (tertiary/aromatic N) is 4. The summed E-state index contributed by atoms with van der Waals surface area (Å²) in [5, 5.41) is 12.5. The minimum absolute atomic E-state index is 0.115. The number of benzene rings is 2. The molecule has 0 bridgehead atoms. The quantitative estimate of drug-likeness (QED) is 0.249. The minimum atomic E-state index is -2.47. The molecule has 9 heteroatoms. The first kappa shape index (κ1) is 24.2. The topological polar surface area (TPSA) is 86.4 Å². The van der Waals surface area contributed by atoms with Gasteiger partial charge in [0.2, 0.25) is 0 Å². The minimum Gasteiger partial charge on any atom is -0.487 e. The zero-order valence-electron chi connectivity index (χ0n) is 22.0. The lowest BCUT2D eigenvalue weighted by molar-refractivity contribution is -0.0370. The maximum atomic E-state index is 13.1. The number of hydrogen-bond acceptors (Lipinski definition) is 5. The summed E-state index contributed by atoms with van der Waals surface area (Å²) < 4.78 is 29.2. The molecule has 0 amide bonds. The summed E-state index contributed by atoms with van der Waals surface area (Å²) >= 11 is 0. The number of H-pyrrole nitrogens is 1. The van der Waals surface area contributed by atoms with Gasteiger partial charge in [-0.3, -0.25) is 0 Å². The Labute approximate surface area is 225 Å². The molecular weight excluding hydrogens is 509 g/mol. The van der Waals surface area contributed by atoms with Crippen molar-refractivity contribution < 1.29 is 14.0 Å². The van der Waals surface area contributed by atoms with E-state index < -0.39 is 7.14 Å². The summed E-state index contributed by atoms with van der Waals surface area (Å²) in [6, 6.07) is 18.2. The first-order valence-electron chi connectivity index (χ1n) is 13.3. The number of ether oxygens (including phenoxy) is 2. The van der Waals surface area contributed by atoms with E-state index in [4.69, 9.17) is 19.7 Å². The smallest absolute Gasteiger partial charge is 0.183 e. The number of hydrogen-bond donors (Lipinski definition) is 1. The van der Waals surface area contributed by atoms with E-state index in [1.807, 2.05) is 71.4 Å². The summed E-state index contributed by atoms with van der Waals surface area (Å²) in [5.74, 6) is 0.709. The lowest BCUT2D eigenvalue weighted by Crippen LogP contribution is -2.19. The van der Waals surface area contributed by atoms with Crippen molar-refractivity contribution in [3.8, 4) is 16.9 Å². The fourth-order valence-corrected chi connectivity index (χ4v) is 6.82. The van der Waals surface area contributed by atoms with Crippen LogP contribution in [0.5, 0.6) is 5.75 Å². The third-order valence-corrected chi connectivity index (χ3v) is 9.04. The molecule has 0 radical (unpaired) electrons. The van der Waals surface area contributed by atoms with Crippen molar-refractivity contribution in [1.82, 2.24) is 24.4 Å². The van der Waals surface area contributed by atoms with Gasteiger partial charge in [0.25, 0.3) is 0 Å². The van der Waals surface area contributed by atoms with Crippen molar-refractivity contribution in [2.75, 3.05) is 19.9 Å². The largest absolute Gasteiger partial charge is 0.487 e. The van der Waals surface area contributed by atoms with Crippen LogP contribution in [0.25, 0.3) is 38.6 Å². The molecule has 0 aliphatic carbocycles. The van der Waals surface area contributed by atoms with Crippen molar-refractivity contribution in [2.45, 2.75) is 32.1 Å². The zero-order valence-corrected chi connectivity index (χ0v) is 22.9. The number of pyridine rings is 1. The molecule has 1 atom stereocenters. The fourth-order valence-electron chi connectivity index (χ4n) is 5.62. The van der Waals surface area contributed by atoms with E-state index >= 15 is 0 Å². The van der Waals surface area contributed by atoms with Gasteiger partial charge in [-0.05, 0) is 50.3 Å². The maximum Gasteiger partial charge on any atom is 0.183 e. The molecule has 8 nitrogen and oxygen atoms in total. The normalized spacial score (nSPS) is 16.4. The van der Waals surface area contributed by atoms with E-state index in [-0.39, 0.29) is 6.23 Å². The highest BCUT2D eigenvalue weighted by Gasteiger charge is 2.25. The van der Waals surface area contributed by atoms with Crippen LogP contribution >= 0.6 is 7.14 Å². The number of nitrogens with one attached hydrogen (secondary N) is 1. The van der Waals surface area contributed by atoms with Gasteiger partial charge in [-0.15, -0.1) is 5.10 Å². The summed E-state index contributed by atoms with van der Waals surface area (Å²) in [7, 11) is -2.47. The molecule has 1 aliphatic rings. The predicted molar refractivity (Wildman–Crippen MR) is 154 cm³/mol. The molecule has 1 unspecified atom stereocenters. The fraction of sp³-hybridized carbons (Fsp3) is 0.267. The molecular formula is C30H30N5O3P. The molecule has 6 aromatic rings. The molecule has 7 rings (SSSR count). The number of fused-ring (bicyclic) bond motifs is 4. The molecule has 1 N–H and O–H groups in total. The van der Waals surface area contributed by atoms with Gasteiger partial charge in [0.15, 0.2) is 11.9 Å². The van der Waals surface area contributed by atoms with Crippen molar-refractivity contribution >= 4 is 39.9 Å². The van der Waals surface area contributed by atoms with Crippen LogP contribution in [0, 0.1) is 0 Å². The van der Waals surface area contributed by atoms with E-state index in [2.05, 4.69) is 29.2 Å². The van der Waals surface area contributed by atoms with Gasteiger partial charge in [0, 0.05) is 34.6 Å². The van der Waals surface area contributed by atoms with E-state index in [1.54, 1.807) is 0 Å². The molecule has 5 heterocycles. The van der Waals surface area contributed by atoms with Crippen LogP contribution in [0.2, 0.25) is 0 Å². The van der Waals surface area contributed by atoms with Gasteiger partial charge >= 0.3 is 0 Å². The Morgan fingerprint density at radius 2 is 1.95 bits per heavy atom. The average molecular weight is 540 g/mol. The molecule has 1 fully saturated rings. The monoisotopic (exact) mass is 539 g/mol. The Kier molecular flexibility index (Phi) is 5.83. The Hall–Kier alpha value is -3.87. The molecule has 2 aromatic carbocycles. The highest BCUT2D eigenvalue weighted by atomic mass is 31.2. The molecule has 1 aliphatic heterocycles. The number of rotatable bonds is 6. The summed E-state index contributed by atoms with van der Waals surface area (Å²) in [4.78, 5) is 3.41. The van der Waals surface area contributed by atoms with Crippen LogP contribution in [-0.2, 0) is 15.9 Å². The first-order valence-corrected chi connectivity index (χ1v) is 15.9.